The molecule has 1 aromatic rings. The SMILES string of the molecule is Nc1cnc(C23CC4CC(CC(C4)C2)C3)nc1. The quantitative estimate of drug-likeness (QED) is 0.805. The number of anilines is 1. The average molecular weight is 229 g/mol. The van der Waals surface area contributed by atoms with E-state index in [2.05, 4.69) is 9.97 Å². The van der Waals surface area contributed by atoms with Crippen LogP contribution in [0.25, 0.3) is 0 Å². The normalized spacial score (nSPS) is 42.9. The van der Waals surface area contributed by atoms with Crippen LogP contribution in [0.3, 0.4) is 0 Å². The van der Waals surface area contributed by atoms with E-state index in [1.807, 2.05) is 0 Å². The predicted molar refractivity (Wildman–Crippen MR) is 66.3 cm³/mol. The molecule has 0 radical (unpaired) electrons. The van der Waals surface area contributed by atoms with Crippen LogP contribution < -0.4 is 5.73 Å². The van der Waals surface area contributed by atoms with Gasteiger partial charge in [0.05, 0.1) is 18.1 Å². The zero-order valence-corrected chi connectivity index (χ0v) is 10.1. The Bertz CT molecular complexity index is 402. The smallest absolute Gasteiger partial charge is 0.134 e. The molecule has 4 aliphatic rings. The lowest BCUT2D eigenvalue weighted by atomic mass is 9.49. The molecule has 0 aromatic carbocycles. The first-order valence-electron chi connectivity index (χ1n) is 6.81. The summed E-state index contributed by atoms with van der Waals surface area (Å²) in [5, 5.41) is 0. The largest absolute Gasteiger partial charge is 0.396 e. The first-order valence-corrected chi connectivity index (χ1v) is 6.81. The molecule has 0 unspecified atom stereocenters. The maximum atomic E-state index is 5.69. The Balaban J connectivity index is 1.74. The van der Waals surface area contributed by atoms with Crippen LogP contribution in [0, 0.1) is 17.8 Å². The molecule has 4 fully saturated rings. The van der Waals surface area contributed by atoms with Crippen LogP contribution in [0.5, 0.6) is 0 Å². The molecule has 0 amide bonds. The van der Waals surface area contributed by atoms with E-state index >= 15 is 0 Å². The lowest BCUT2D eigenvalue weighted by Crippen LogP contribution is -2.49. The van der Waals surface area contributed by atoms with Crippen molar-refractivity contribution in [3.05, 3.63) is 18.2 Å². The van der Waals surface area contributed by atoms with E-state index in [9.17, 15) is 0 Å². The van der Waals surface area contributed by atoms with Crippen LogP contribution in [0.4, 0.5) is 5.69 Å². The van der Waals surface area contributed by atoms with Crippen molar-refractivity contribution in [2.45, 2.75) is 43.9 Å². The molecule has 17 heavy (non-hydrogen) atoms. The summed E-state index contributed by atoms with van der Waals surface area (Å²) in [5.74, 6) is 3.91. The summed E-state index contributed by atoms with van der Waals surface area (Å²) in [5.41, 5.74) is 6.68. The van der Waals surface area contributed by atoms with Gasteiger partial charge in [0.25, 0.3) is 0 Å². The molecule has 4 bridgehead atoms. The third kappa shape index (κ3) is 1.41. The van der Waals surface area contributed by atoms with Gasteiger partial charge in [-0.2, -0.15) is 0 Å². The molecular formula is C14H19N3. The highest BCUT2D eigenvalue weighted by atomic mass is 14.9. The highest BCUT2D eigenvalue weighted by Gasteiger charge is 2.52. The lowest BCUT2D eigenvalue weighted by molar-refractivity contribution is -0.00938. The Morgan fingerprint density at radius 1 is 0.941 bits per heavy atom. The van der Waals surface area contributed by atoms with E-state index in [1.165, 1.54) is 38.5 Å². The first kappa shape index (κ1) is 9.86. The summed E-state index contributed by atoms with van der Waals surface area (Å²) in [4.78, 5) is 9.06. The molecule has 5 rings (SSSR count). The molecule has 3 nitrogen and oxygen atoms in total. The Hall–Kier alpha value is -1.12. The third-order valence-electron chi connectivity index (χ3n) is 5.18. The van der Waals surface area contributed by atoms with E-state index in [4.69, 9.17) is 5.73 Å². The van der Waals surface area contributed by atoms with Gasteiger partial charge in [-0.15, -0.1) is 0 Å². The van der Waals surface area contributed by atoms with Gasteiger partial charge in [-0.1, -0.05) is 0 Å². The monoisotopic (exact) mass is 229 g/mol. The minimum atomic E-state index is 0.308. The third-order valence-corrected chi connectivity index (χ3v) is 5.18. The van der Waals surface area contributed by atoms with E-state index in [-0.39, 0.29) is 0 Å². The number of hydrogen-bond donors (Lipinski definition) is 1. The van der Waals surface area contributed by atoms with Gasteiger partial charge in [-0.3, -0.25) is 0 Å². The van der Waals surface area contributed by atoms with Crippen molar-refractivity contribution in [2.75, 3.05) is 5.73 Å². The maximum absolute atomic E-state index is 5.69. The standard InChI is InChI=1S/C14H19N3/c15-12-7-16-13(17-8-12)14-4-9-1-10(5-14)3-11(2-9)6-14/h7-11H,1-6,15H2. The van der Waals surface area contributed by atoms with Gasteiger partial charge in [0.1, 0.15) is 5.82 Å². The summed E-state index contributed by atoms with van der Waals surface area (Å²) < 4.78 is 0. The molecule has 90 valence electrons. The number of rotatable bonds is 1. The van der Waals surface area contributed by atoms with Gasteiger partial charge in [0, 0.05) is 5.41 Å². The van der Waals surface area contributed by atoms with E-state index in [0.29, 0.717) is 11.1 Å². The second kappa shape index (κ2) is 3.21. The second-order valence-corrected chi connectivity index (χ2v) is 6.54. The van der Waals surface area contributed by atoms with Crippen molar-refractivity contribution in [2.24, 2.45) is 17.8 Å². The molecule has 3 heteroatoms. The minimum absolute atomic E-state index is 0.308. The zero-order chi connectivity index (χ0) is 11.5. The van der Waals surface area contributed by atoms with Gasteiger partial charge < -0.3 is 5.73 Å². The molecular weight excluding hydrogens is 210 g/mol. The van der Waals surface area contributed by atoms with Crippen molar-refractivity contribution in [3.8, 4) is 0 Å². The molecule has 0 atom stereocenters. The van der Waals surface area contributed by atoms with Crippen LogP contribution in [0.1, 0.15) is 44.3 Å². The molecule has 0 saturated heterocycles. The minimum Gasteiger partial charge on any atom is -0.396 e. The molecule has 4 saturated carbocycles. The fourth-order valence-electron chi connectivity index (χ4n) is 5.00. The predicted octanol–water partition coefficient (Wildman–Crippen LogP) is 2.53. The Kier molecular flexibility index (Phi) is 1.86. The Morgan fingerprint density at radius 2 is 1.41 bits per heavy atom. The van der Waals surface area contributed by atoms with Crippen LogP contribution in [-0.2, 0) is 5.41 Å². The summed E-state index contributed by atoms with van der Waals surface area (Å²) in [7, 11) is 0. The Labute approximate surface area is 102 Å². The first-order chi connectivity index (χ1) is 8.23. The summed E-state index contributed by atoms with van der Waals surface area (Å²) in [6, 6.07) is 0. The average Bonchev–Trinajstić information content (AvgIpc) is 2.27. The highest BCUT2D eigenvalue weighted by molar-refractivity contribution is 5.31. The van der Waals surface area contributed by atoms with E-state index in [1.54, 1.807) is 12.4 Å². The fraction of sp³-hybridized carbons (Fsp3) is 0.714. The highest BCUT2D eigenvalue weighted by Crippen LogP contribution is 2.59. The van der Waals surface area contributed by atoms with Gasteiger partial charge in [0.15, 0.2) is 0 Å². The molecule has 0 spiro atoms. The second-order valence-electron chi connectivity index (χ2n) is 6.54. The summed E-state index contributed by atoms with van der Waals surface area (Å²) >= 11 is 0. The van der Waals surface area contributed by atoms with E-state index in [0.717, 1.165) is 23.6 Å². The van der Waals surface area contributed by atoms with Crippen molar-refractivity contribution in [1.82, 2.24) is 9.97 Å². The number of hydrogen-bond acceptors (Lipinski definition) is 3. The number of nitrogens with zero attached hydrogens (tertiary/aromatic N) is 2. The molecule has 1 aromatic heterocycles. The van der Waals surface area contributed by atoms with Crippen molar-refractivity contribution in [3.63, 3.8) is 0 Å². The molecule has 4 aliphatic carbocycles. The van der Waals surface area contributed by atoms with Gasteiger partial charge in [0.2, 0.25) is 0 Å². The Morgan fingerprint density at radius 3 is 1.88 bits per heavy atom. The van der Waals surface area contributed by atoms with Crippen LogP contribution in [-0.4, -0.2) is 9.97 Å². The lowest BCUT2D eigenvalue weighted by Gasteiger charge is -2.55. The number of nitrogens with two attached hydrogens (primary N) is 1. The van der Waals surface area contributed by atoms with Gasteiger partial charge in [-0.05, 0) is 56.3 Å². The van der Waals surface area contributed by atoms with Crippen molar-refractivity contribution in [1.29, 1.82) is 0 Å². The summed E-state index contributed by atoms with van der Waals surface area (Å²) in [6.07, 6.45) is 11.9. The topological polar surface area (TPSA) is 51.8 Å². The van der Waals surface area contributed by atoms with E-state index < -0.39 is 0 Å². The zero-order valence-electron chi connectivity index (χ0n) is 10.1. The van der Waals surface area contributed by atoms with Gasteiger partial charge >= 0.3 is 0 Å². The molecule has 0 aliphatic heterocycles. The maximum Gasteiger partial charge on any atom is 0.134 e. The fourth-order valence-corrected chi connectivity index (χ4v) is 5.00. The number of aromatic nitrogens is 2. The van der Waals surface area contributed by atoms with Crippen molar-refractivity contribution < 1.29 is 0 Å². The van der Waals surface area contributed by atoms with Crippen LogP contribution in [0.15, 0.2) is 12.4 Å². The van der Waals surface area contributed by atoms with Crippen LogP contribution in [0.2, 0.25) is 0 Å². The van der Waals surface area contributed by atoms with Gasteiger partial charge in [-0.25, -0.2) is 9.97 Å². The summed E-state index contributed by atoms with van der Waals surface area (Å²) in [6.45, 7) is 0. The molecule has 2 N–H and O–H groups in total. The number of nitrogen functional groups attached to an aromatic ring is 1. The molecule has 1 heterocycles. The van der Waals surface area contributed by atoms with Crippen LogP contribution >= 0.6 is 0 Å². The van der Waals surface area contributed by atoms with Crippen molar-refractivity contribution >= 4 is 5.69 Å².